The van der Waals surface area contributed by atoms with Crippen molar-refractivity contribution in [3.05, 3.63) is 126 Å². The Balaban J connectivity index is 1.06. The van der Waals surface area contributed by atoms with Crippen LogP contribution in [0, 0.1) is 11.8 Å². The van der Waals surface area contributed by atoms with Crippen LogP contribution in [-0.2, 0) is 31.8 Å². The number of alkyl carbamates (subject to hydrolysis) is 1. The Hall–Kier alpha value is -5.77. The fourth-order valence-corrected chi connectivity index (χ4v) is 7.03. The number of halogens is 3. The number of unbranched alkanes of at least 4 members (excludes halogenated alkanes) is 1. The van der Waals surface area contributed by atoms with E-state index in [1.54, 1.807) is 69.6 Å². The van der Waals surface area contributed by atoms with Crippen LogP contribution in [0.2, 0.25) is 0 Å². The molecule has 332 valence electrons. The number of aromatic nitrogens is 1. The number of pyridine rings is 1. The Labute approximate surface area is 358 Å². The first-order valence-electron chi connectivity index (χ1n) is 20.5. The molecule has 62 heavy (non-hydrogen) atoms. The summed E-state index contributed by atoms with van der Waals surface area (Å²) in [5.74, 6) is -2.33. The number of esters is 1. The third-order valence-electron chi connectivity index (χ3n) is 10.2. The van der Waals surface area contributed by atoms with Gasteiger partial charge in [0.05, 0.1) is 23.7 Å². The molecule has 1 aromatic heterocycles. The summed E-state index contributed by atoms with van der Waals surface area (Å²) in [5, 5.41) is 39.0. The van der Waals surface area contributed by atoms with Gasteiger partial charge in [-0.2, -0.15) is 13.2 Å². The second-order valence-electron chi connectivity index (χ2n) is 16.3. The molecule has 1 heterocycles. The van der Waals surface area contributed by atoms with Gasteiger partial charge in [-0.15, -0.1) is 0 Å². The van der Waals surface area contributed by atoms with Gasteiger partial charge in [0.1, 0.15) is 30.7 Å². The Kier molecular flexibility index (Phi) is 16.7. The minimum Gasteiger partial charge on any atom is -0.491 e. The lowest BCUT2D eigenvalue weighted by Gasteiger charge is -2.22. The Morgan fingerprint density at radius 2 is 1.73 bits per heavy atom. The lowest BCUT2D eigenvalue weighted by Crippen LogP contribution is -2.37. The number of aliphatic hydroxyl groups excluding tert-OH is 3. The van der Waals surface area contributed by atoms with Crippen molar-refractivity contribution in [2.75, 3.05) is 18.5 Å². The van der Waals surface area contributed by atoms with E-state index in [1.165, 1.54) is 18.2 Å². The zero-order valence-corrected chi connectivity index (χ0v) is 34.9. The minimum absolute atomic E-state index is 0.0246. The van der Waals surface area contributed by atoms with Gasteiger partial charge in [0, 0.05) is 48.8 Å². The van der Waals surface area contributed by atoms with Gasteiger partial charge in [-0.1, -0.05) is 60.7 Å². The number of nitrogens with one attached hydrogen (secondary N) is 2. The first-order chi connectivity index (χ1) is 29.4. The van der Waals surface area contributed by atoms with E-state index in [9.17, 15) is 42.9 Å². The summed E-state index contributed by atoms with van der Waals surface area (Å²) in [5.41, 5.74) is 0.347. The second kappa shape index (κ2) is 21.8. The summed E-state index contributed by atoms with van der Waals surface area (Å²) in [4.78, 5) is 42.8. The zero-order valence-electron chi connectivity index (χ0n) is 34.9. The third kappa shape index (κ3) is 14.7. The SMILES string of the molecule is CC(C)(C)OC(=O)NCC(C(=O)Nc1ccc2cnccc2c1)c1ccc(COC(=O)CCC/C=C/C[C@@H]2[C@@H](/C=C/[C@@H](O)COc3cccc(C(F)(F)F)c3)[C@H](O)C[C@@H]2O)cc1. The van der Waals surface area contributed by atoms with Crippen LogP contribution in [0.3, 0.4) is 0 Å². The van der Waals surface area contributed by atoms with Gasteiger partial charge in [-0.05, 0) is 98.9 Å². The van der Waals surface area contributed by atoms with Crippen LogP contribution in [0.25, 0.3) is 10.8 Å². The molecule has 1 unspecified atom stereocenters. The van der Waals surface area contributed by atoms with E-state index in [2.05, 4.69) is 15.6 Å². The number of rotatable bonds is 18. The quantitative estimate of drug-likeness (QED) is 0.0374. The van der Waals surface area contributed by atoms with Crippen LogP contribution in [0.4, 0.5) is 23.7 Å². The molecule has 0 saturated heterocycles. The second-order valence-corrected chi connectivity index (χ2v) is 16.3. The molecule has 0 radical (unpaired) electrons. The maximum absolute atomic E-state index is 13.6. The molecule has 1 saturated carbocycles. The molecular formula is C47H54F3N3O9. The number of fused-ring (bicyclic) bond motifs is 1. The van der Waals surface area contributed by atoms with Gasteiger partial charge in [-0.25, -0.2) is 4.79 Å². The first kappa shape index (κ1) is 47.3. The molecule has 15 heteroatoms. The van der Waals surface area contributed by atoms with E-state index >= 15 is 0 Å². The monoisotopic (exact) mass is 861 g/mol. The van der Waals surface area contributed by atoms with Crippen molar-refractivity contribution in [3.8, 4) is 5.75 Å². The van der Waals surface area contributed by atoms with Crippen LogP contribution in [0.5, 0.6) is 5.75 Å². The zero-order chi connectivity index (χ0) is 44.9. The smallest absolute Gasteiger partial charge is 0.416 e. The fourth-order valence-electron chi connectivity index (χ4n) is 7.03. The number of alkyl halides is 3. The Bertz CT molecular complexity index is 2170. The molecular weight excluding hydrogens is 808 g/mol. The number of ether oxygens (including phenoxy) is 3. The predicted molar refractivity (Wildman–Crippen MR) is 227 cm³/mol. The van der Waals surface area contributed by atoms with E-state index in [-0.39, 0.29) is 56.1 Å². The Morgan fingerprint density at radius 3 is 2.47 bits per heavy atom. The van der Waals surface area contributed by atoms with Crippen molar-refractivity contribution < 1.29 is 57.1 Å². The number of hydrogen-bond donors (Lipinski definition) is 5. The number of carbonyl (C=O) groups excluding carboxylic acids is 3. The van der Waals surface area contributed by atoms with Crippen LogP contribution < -0.4 is 15.4 Å². The highest BCUT2D eigenvalue weighted by Crippen LogP contribution is 2.37. The van der Waals surface area contributed by atoms with Gasteiger partial charge in [-0.3, -0.25) is 14.6 Å². The van der Waals surface area contributed by atoms with E-state index in [0.717, 1.165) is 22.9 Å². The number of anilines is 1. The Morgan fingerprint density at radius 1 is 0.952 bits per heavy atom. The lowest BCUT2D eigenvalue weighted by molar-refractivity contribution is -0.145. The number of amides is 2. The van der Waals surface area contributed by atoms with E-state index in [1.807, 2.05) is 30.4 Å². The molecule has 5 rings (SSSR count). The summed E-state index contributed by atoms with van der Waals surface area (Å²) >= 11 is 0. The van der Waals surface area contributed by atoms with Gasteiger partial charge < -0.3 is 40.2 Å². The van der Waals surface area contributed by atoms with Gasteiger partial charge in [0.15, 0.2) is 0 Å². The summed E-state index contributed by atoms with van der Waals surface area (Å²) in [7, 11) is 0. The first-order valence-corrected chi connectivity index (χ1v) is 20.5. The van der Waals surface area contributed by atoms with Gasteiger partial charge in [0.2, 0.25) is 5.91 Å². The number of carbonyl (C=O) groups is 3. The van der Waals surface area contributed by atoms with Crippen LogP contribution in [0.1, 0.15) is 75.5 Å². The van der Waals surface area contributed by atoms with E-state index in [0.29, 0.717) is 36.1 Å². The largest absolute Gasteiger partial charge is 0.491 e. The van der Waals surface area contributed by atoms with Crippen LogP contribution in [-0.4, -0.2) is 75.3 Å². The van der Waals surface area contributed by atoms with E-state index < -0.39 is 53.6 Å². The number of allylic oxidation sites excluding steroid dienone is 2. The van der Waals surface area contributed by atoms with Crippen molar-refractivity contribution in [2.24, 2.45) is 11.8 Å². The molecule has 0 spiro atoms. The molecule has 1 fully saturated rings. The van der Waals surface area contributed by atoms with Crippen molar-refractivity contribution in [1.29, 1.82) is 0 Å². The topological polar surface area (TPSA) is 177 Å². The highest BCUT2D eigenvalue weighted by molar-refractivity contribution is 5.98. The normalized spacial score (nSPS) is 19.0. The molecule has 1 aliphatic rings. The van der Waals surface area contributed by atoms with Crippen molar-refractivity contribution in [3.63, 3.8) is 0 Å². The molecule has 0 bridgehead atoms. The number of nitrogens with zero attached hydrogens (tertiary/aromatic N) is 1. The predicted octanol–water partition coefficient (Wildman–Crippen LogP) is 8.01. The summed E-state index contributed by atoms with van der Waals surface area (Å²) in [6.45, 7) is 4.94. The molecule has 0 aliphatic heterocycles. The number of hydrogen-bond acceptors (Lipinski definition) is 10. The highest BCUT2D eigenvalue weighted by atomic mass is 19.4. The molecule has 3 aromatic carbocycles. The number of benzene rings is 3. The average Bonchev–Trinajstić information content (AvgIpc) is 3.49. The van der Waals surface area contributed by atoms with Crippen molar-refractivity contribution in [1.82, 2.24) is 10.3 Å². The van der Waals surface area contributed by atoms with Gasteiger partial charge in [0.25, 0.3) is 0 Å². The van der Waals surface area contributed by atoms with Crippen LogP contribution >= 0.6 is 0 Å². The molecule has 6 atom stereocenters. The molecule has 1 aliphatic carbocycles. The standard InChI is InChI=1S/C47H54F3N3O9/c1-46(2,3)62-45(59)52-27-40(44(58)53-35-18-17-33-26-51-22-21-32(33)23-35)31-15-13-30(14-16-31)28-61-43(57)12-7-5-4-6-11-38-39(42(56)25-41(38)55)20-19-36(54)29-60-37-10-8-9-34(24-37)47(48,49)50/h4,6,8-10,13-24,26,36,38-42,54-56H,5,7,11-12,25,27-29H2,1-3H3,(H,52,59)(H,53,58)/b6-4+,20-19+/t36-,38-,39-,40?,41+,42-/m1/s1. The van der Waals surface area contributed by atoms with Gasteiger partial charge >= 0.3 is 18.2 Å². The maximum atomic E-state index is 13.6. The van der Waals surface area contributed by atoms with Crippen molar-refractivity contribution in [2.45, 2.75) is 95.5 Å². The average molecular weight is 862 g/mol. The van der Waals surface area contributed by atoms with Crippen molar-refractivity contribution >= 4 is 34.4 Å². The van der Waals surface area contributed by atoms with Crippen LogP contribution in [0.15, 0.2) is 109 Å². The maximum Gasteiger partial charge on any atom is 0.416 e. The minimum atomic E-state index is -4.52. The third-order valence-corrected chi connectivity index (χ3v) is 10.2. The number of aliphatic hydroxyl groups is 3. The molecule has 2 amide bonds. The fraction of sp³-hybridized carbons (Fsp3) is 0.404. The summed E-state index contributed by atoms with van der Waals surface area (Å²) < 4.78 is 55.2. The summed E-state index contributed by atoms with van der Waals surface area (Å²) in [6, 6.07) is 18.7. The highest BCUT2D eigenvalue weighted by Gasteiger charge is 2.39. The summed E-state index contributed by atoms with van der Waals surface area (Å²) in [6.07, 6.45) is 4.08. The molecule has 4 aromatic rings. The lowest BCUT2D eigenvalue weighted by atomic mass is 9.89. The van der Waals surface area contributed by atoms with E-state index in [4.69, 9.17) is 14.2 Å². The molecule has 12 nitrogen and oxygen atoms in total. The molecule has 5 N–H and O–H groups in total.